The van der Waals surface area contributed by atoms with E-state index in [-0.39, 0.29) is 23.7 Å². The van der Waals surface area contributed by atoms with Crippen LogP contribution in [0.1, 0.15) is 19.8 Å². The average Bonchev–Trinajstić information content (AvgIpc) is 1.66. The van der Waals surface area contributed by atoms with Crippen LogP contribution in [0.25, 0.3) is 0 Å². The summed E-state index contributed by atoms with van der Waals surface area (Å²) in [4.78, 5) is 9.54. The van der Waals surface area contributed by atoms with Crippen LogP contribution >= 0.6 is 0 Å². The molecule has 0 amide bonds. The van der Waals surface area contributed by atoms with Crippen molar-refractivity contribution >= 4 is 6.16 Å². The predicted octanol–water partition coefficient (Wildman–Crippen LogP) is 0.144. The first-order valence-electron chi connectivity index (χ1n) is 2.61. The van der Waals surface area contributed by atoms with Gasteiger partial charge in [-0.25, -0.2) is 0 Å². The Kier molecular flexibility index (Phi) is 10.0. The third-order valence-electron chi connectivity index (χ3n) is 0.718. The Balaban J connectivity index is 0. The number of carbonyl (C=O) groups excluding carboxylic acids is 1. The zero-order valence-electron chi connectivity index (χ0n) is 5.15. The predicted molar refractivity (Wildman–Crippen MR) is 26.3 cm³/mol. The number of carboxylic acid groups (broad SMARTS) is 1. The SMILES string of the molecule is CCCCOC(=O)[O-].[Cu+]. The minimum absolute atomic E-state index is 0. The van der Waals surface area contributed by atoms with Crippen molar-refractivity contribution in [1.29, 1.82) is 0 Å². The van der Waals surface area contributed by atoms with Gasteiger partial charge in [-0.15, -0.1) is 0 Å². The Labute approximate surface area is 64.9 Å². The summed E-state index contributed by atoms with van der Waals surface area (Å²) in [6, 6.07) is 0. The van der Waals surface area contributed by atoms with Crippen molar-refractivity contribution in [3.05, 3.63) is 0 Å². The van der Waals surface area contributed by atoms with Crippen molar-refractivity contribution < 1.29 is 31.7 Å². The number of hydrogen-bond donors (Lipinski definition) is 0. The molecule has 0 aromatic heterocycles. The van der Waals surface area contributed by atoms with Crippen molar-refractivity contribution in [3.8, 4) is 0 Å². The fraction of sp³-hybridized carbons (Fsp3) is 0.800. The summed E-state index contributed by atoms with van der Waals surface area (Å²) in [5.74, 6) is 0. The molecule has 9 heavy (non-hydrogen) atoms. The normalized spacial score (nSPS) is 7.67. The molecule has 0 unspecified atom stereocenters. The van der Waals surface area contributed by atoms with Crippen LogP contribution in [0.4, 0.5) is 4.79 Å². The van der Waals surface area contributed by atoms with Crippen LogP contribution in [0.5, 0.6) is 0 Å². The summed E-state index contributed by atoms with van der Waals surface area (Å²) >= 11 is 0. The number of unbranched alkanes of at least 4 members (excludes halogenated alkanes) is 1. The summed E-state index contributed by atoms with van der Waals surface area (Å²) in [6.45, 7) is 2.22. The largest absolute Gasteiger partial charge is 1.00 e. The molecule has 0 aliphatic rings. The Morgan fingerprint density at radius 3 is 2.56 bits per heavy atom. The number of carbonyl (C=O) groups is 1. The summed E-state index contributed by atoms with van der Waals surface area (Å²) in [7, 11) is 0. The van der Waals surface area contributed by atoms with E-state index in [1.807, 2.05) is 6.92 Å². The zero-order valence-corrected chi connectivity index (χ0v) is 6.09. The summed E-state index contributed by atoms with van der Waals surface area (Å²) < 4.78 is 4.09. The van der Waals surface area contributed by atoms with Crippen LogP contribution in [-0.4, -0.2) is 12.8 Å². The van der Waals surface area contributed by atoms with Crippen LogP contribution in [0.15, 0.2) is 0 Å². The van der Waals surface area contributed by atoms with E-state index in [2.05, 4.69) is 4.74 Å². The molecule has 0 spiro atoms. The van der Waals surface area contributed by atoms with Crippen LogP contribution in [0.2, 0.25) is 0 Å². The quantitative estimate of drug-likeness (QED) is 0.353. The van der Waals surface area contributed by atoms with Gasteiger partial charge in [0.1, 0.15) is 0 Å². The molecular formula is C5H9CuO3. The first-order valence-corrected chi connectivity index (χ1v) is 2.61. The van der Waals surface area contributed by atoms with Gasteiger partial charge in [0.05, 0.1) is 0 Å². The number of rotatable bonds is 3. The third-order valence-corrected chi connectivity index (χ3v) is 0.718. The summed E-state index contributed by atoms with van der Waals surface area (Å²) in [5.41, 5.74) is 0. The maximum atomic E-state index is 9.54. The fourth-order valence-corrected chi connectivity index (χ4v) is 0.300. The first kappa shape index (κ1) is 11.6. The van der Waals surface area contributed by atoms with Gasteiger partial charge in [0.15, 0.2) is 0 Å². The Morgan fingerprint density at radius 2 is 2.22 bits per heavy atom. The van der Waals surface area contributed by atoms with Crippen molar-refractivity contribution in [2.75, 3.05) is 6.61 Å². The molecule has 0 rings (SSSR count). The maximum absolute atomic E-state index is 9.54. The van der Waals surface area contributed by atoms with Crippen molar-refractivity contribution in [2.24, 2.45) is 0 Å². The van der Waals surface area contributed by atoms with E-state index in [0.717, 1.165) is 12.8 Å². The minimum atomic E-state index is -1.43. The molecule has 3 nitrogen and oxygen atoms in total. The molecule has 0 saturated carbocycles. The second kappa shape index (κ2) is 7.79. The van der Waals surface area contributed by atoms with E-state index >= 15 is 0 Å². The zero-order chi connectivity index (χ0) is 6.41. The topological polar surface area (TPSA) is 49.4 Å². The smallest absolute Gasteiger partial charge is 0.550 e. The van der Waals surface area contributed by atoms with E-state index in [1.54, 1.807) is 0 Å². The fourth-order valence-electron chi connectivity index (χ4n) is 0.300. The third kappa shape index (κ3) is 11.4. The van der Waals surface area contributed by atoms with Crippen LogP contribution in [0, 0.1) is 0 Å². The minimum Gasteiger partial charge on any atom is -0.550 e. The molecule has 0 heterocycles. The molecule has 0 atom stereocenters. The van der Waals surface area contributed by atoms with Gasteiger partial charge in [-0.05, 0) is 6.42 Å². The second-order valence-electron chi connectivity index (χ2n) is 1.45. The number of hydrogen-bond acceptors (Lipinski definition) is 3. The monoisotopic (exact) mass is 180 g/mol. The Hall–Kier alpha value is -0.211. The standard InChI is InChI=1S/C5H10O3.Cu/c1-2-3-4-8-5(6)7;/h2-4H2,1H3,(H,6,7);/q;+1/p-1. The van der Waals surface area contributed by atoms with Crippen LogP contribution in [0.3, 0.4) is 0 Å². The molecule has 0 N–H and O–H groups in total. The van der Waals surface area contributed by atoms with Gasteiger partial charge in [0.25, 0.3) is 6.16 Å². The van der Waals surface area contributed by atoms with E-state index in [9.17, 15) is 9.90 Å². The van der Waals surface area contributed by atoms with Gasteiger partial charge in [0, 0.05) is 6.61 Å². The van der Waals surface area contributed by atoms with Gasteiger partial charge in [-0.3, -0.25) is 0 Å². The second-order valence-corrected chi connectivity index (χ2v) is 1.45. The van der Waals surface area contributed by atoms with Gasteiger partial charge >= 0.3 is 17.1 Å². The van der Waals surface area contributed by atoms with E-state index in [0.29, 0.717) is 0 Å². The van der Waals surface area contributed by atoms with Crippen LogP contribution < -0.4 is 5.11 Å². The van der Waals surface area contributed by atoms with Gasteiger partial charge in [-0.1, -0.05) is 13.3 Å². The average molecular weight is 181 g/mol. The molecule has 0 aliphatic heterocycles. The Bertz CT molecular complexity index is 74.6. The molecule has 58 valence electrons. The van der Waals surface area contributed by atoms with Crippen molar-refractivity contribution in [2.45, 2.75) is 19.8 Å². The molecule has 4 heteroatoms. The molecule has 0 aromatic rings. The molecule has 0 saturated heterocycles. The van der Waals surface area contributed by atoms with E-state index < -0.39 is 6.16 Å². The molecular weight excluding hydrogens is 172 g/mol. The maximum Gasteiger partial charge on any atom is 1.00 e. The van der Waals surface area contributed by atoms with Crippen molar-refractivity contribution in [3.63, 3.8) is 0 Å². The van der Waals surface area contributed by atoms with E-state index in [1.165, 1.54) is 0 Å². The molecule has 0 aliphatic carbocycles. The molecule has 0 aromatic carbocycles. The van der Waals surface area contributed by atoms with E-state index in [4.69, 9.17) is 0 Å². The molecule has 0 radical (unpaired) electrons. The van der Waals surface area contributed by atoms with Gasteiger partial charge < -0.3 is 14.6 Å². The summed E-state index contributed by atoms with van der Waals surface area (Å²) in [6.07, 6.45) is 0.278. The van der Waals surface area contributed by atoms with Crippen molar-refractivity contribution in [1.82, 2.24) is 0 Å². The first-order chi connectivity index (χ1) is 3.77. The van der Waals surface area contributed by atoms with Gasteiger partial charge in [-0.2, -0.15) is 0 Å². The number of ether oxygens (including phenoxy) is 1. The van der Waals surface area contributed by atoms with Gasteiger partial charge in [0.2, 0.25) is 0 Å². The molecule has 0 bridgehead atoms. The van der Waals surface area contributed by atoms with Crippen LogP contribution in [-0.2, 0) is 21.8 Å². The molecule has 0 fully saturated rings. The Morgan fingerprint density at radius 1 is 1.67 bits per heavy atom. The summed E-state index contributed by atoms with van der Waals surface area (Å²) in [5, 5.41) is 9.54.